The Morgan fingerprint density at radius 2 is 1.71 bits per heavy atom. The Kier molecular flexibility index (Phi) is 6.90. The maximum atomic E-state index is 13.0. The molecule has 5 nitrogen and oxygen atoms in total. The topological polar surface area (TPSA) is 61.8 Å². The Labute approximate surface area is 163 Å². The molecular formula is C22H23FO5. The fourth-order valence-corrected chi connectivity index (χ4v) is 2.90. The van der Waals surface area contributed by atoms with Gasteiger partial charge in [0.05, 0.1) is 12.7 Å². The van der Waals surface area contributed by atoms with E-state index in [0.29, 0.717) is 23.5 Å². The third-order valence-electron chi connectivity index (χ3n) is 4.58. The summed E-state index contributed by atoms with van der Waals surface area (Å²) in [6, 6.07) is 11.6. The Hall–Kier alpha value is -2.57. The number of rotatable bonds is 7. The van der Waals surface area contributed by atoms with Crippen molar-refractivity contribution < 1.29 is 28.2 Å². The SMILES string of the molecule is CC(OCC1CCCCO1)C(=O)Oc1ccc(C(=O)c2ccc(F)cc2)cc1. The molecule has 2 aromatic rings. The normalized spacial score (nSPS) is 17.7. The minimum Gasteiger partial charge on any atom is -0.425 e. The number of ether oxygens (including phenoxy) is 3. The summed E-state index contributed by atoms with van der Waals surface area (Å²) in [4.78, 5) is 24.5. The first kappa shape index (κ1) is 20.2. The maximum Gasteiger partial charge on any atom is 0.340 e. The number of halogens is 1. The predicted molar refractivity (Wildman–Crippen MR) is 101 cm³/mol. The van der Waals surface area contributed by atoms with Gasteiger partial charge in [-0.2, -0.15) is 0 Å². The van der Waals surface area contributed by atoms with Crippen molar-refractivity contribution in [2.75, 3.05) is 13.2 Å². The van der Waals surface area contributed by atoms with Gasteiger partial charge in [0.1, 0.15) is 11.6 Å². The Morgan fingerprint density at radius 3 is 2.32 bits per heavy atom. The first-order chi connectivity index (χ1) is 13.5. The number of ketones is 1. The highest BCUT2D eigenvalue weighted by Gasteiger charge is 2.20. The molecule has 0 amide bonds. The van der Waals surface area contributed by atoms with Crippen LogP contribution < -0.4 is 4.74 Å². The number of esters is 1. The summed E-state index contributed by atoms with van der Waals surface area (Å²) in [5, 5.41) is 0. The number of carbonyl (C=O) groups excluding carboxylic acids is 2. The molecule has 2 unspecified atom stereocenters. The van der Waals surface area contributed by atoms with Crippen LogP contribution >= 0.6 is 0 Å². The lowest BCUT2D eigenvalue weighted by Gasteiger charge is -2.23. The molecule has 0 spiro atoms. The van der Waals surface area contributed by atoms with E-state index in [1.807, 2.05) is 0 Å². The standard InChI is InChI=1S/C22H23FO5/c1-15(27-14-20-4-2-3-13-26-20)22(25)28-19-11-7-17(8-12-19)21(24)16-5-9-18(23)10-6-16/h5-12,15,20H,2-4,13-14H2,1H3. The van der Waals surface area contributed by atoms with Gasteiger partial charge in [-0.3, -0.25) is 4.79 Å². The molecule has 0 saturated carbocycles. The molecule has 1 saturated heterocycles. The zero-order valence-electron chi connectivity index (χ0n) is 15.7. The zero-order chi connectivity index (χ0) is 19.9. The first-order valence-corrected chi connectivity index (χ1v) is 9.38. The smallest absolute Gasteiger partial charge is 0.340 e. The molecule has 1 aliphatic heterocycles. The van der Waals surface area contributed by atoms with Crippen LogP contribution in [0.25, 0.3) is 0 Å². The fraction of sp³-hybridized carbons (Fsp3) is 0.364. The largest absolute Gasteiger partial charge is 0.425 e. The molecule has 3 rings (SSSR count). The van der Waals surface area contributed by atoms with E-state index in [1.54, 1.807) is 31.2 Å². The number of benzene rings is 2. The number of carbonyl (C=O) groups is 2. The van der Waals surface area contributed by atoms with Crippen LogP contribution in [0.15, 0.2) is 48.5 Å². The van der Waals surface area contributed by atoms with Crippen molar-refractivity contribution in [2.24, 2.45) is 0 Å². The molecule has 28 heavy (non-hydrogen) atoms. The van der Waals surface area contributed by atoms with Crippen molar-refractivity contribution in [3.8, 4) is 5.75 Å². The summed E-state index contributed by atoms with van der Waals surface area (Å²) in [5.41, 5.74) is 0.809. The fourth-order valence-electron chi connectivity index (χ4n) is 2.90. The van der Waals surface area contributed by atoms with Gasteiger partial charge >= 0.3 is 5.97 Å². The summed E-state index contributed by atoms with van der Waals surface area (Å²) in [6.45, 7) is 2.73. The lowest BCUT2D eigenvalue weighted by molar-refractivity contribution is -0.149. The molecule has 0 bridgehead atoms. The molecule has 148 valence electrons. The highest BCUT2D eigenvalue weighted by Crippen LogP contribution is 2.17. The molecule has 1 heterocycles. The van der Waals surface area contributed by atoms with Gasteiger partial charge in [0.25, 0.3) is 0 Å². The molecule has 6 heteroatoms. The third-order valence-corrected chi connectivity index (χ3v) is 4.58. The average Bonchev–Trinajstić information content (AvgIpc) is 2.73. The van der Waals surface area contributed by atoms with Crippen LogP contribution in [0.1, 0.15) is 42.1 Å². The second-order valence-electron chi connectivity index (χ2n) is 6.75. The van der Waals surface area contributed by atoms with E-state index >= 15 is 0 Å². The van der Waals surface area contributed by atoms with Crippen LogP contribution in [0.5, 0.6) is 5.75 Å². The molecule has 0 aromatic heterocycles. The molecular weight excluding hydrogens is 363 g/mol. The molecule has 0 aliphatic carbocycles. The van der Waals surface area contributed by atoms with Crippen molar-refractivity contribution in [2.45, 2.75) is 38.4 Å². The number of hydrogen-bond acceptors (Lipinski definition) is 5. The lowest BCUT2D eigenvalue weighted by atomic mass is 10.0. The third kappa shape index (κ3) is 5.47. The van der Waals surface area contributed by atoms with E-state index in [2.05, 4.69) is 0 Å². The molecule has 1 aliphatic rings. The van der Waals surface area contributed by atoms with Gasteiger partial charge in [0.2, 0.25) is 0 Å². The van der Waals surface area contributed by atoms with Gasteiger partial charge in [0.15, 0.2) is 11.9 Å². The molecule has 0 radical (unpaired) electrons. The van der Waals surface area contributed by atoms with Crippen molar-refractivity contribution in [1.29, 1.82) is 0 Å². The molecule has 2 atom stereocenters. The van der Waals surface area contributed by atoms with Crippen LogP contribution in [-0.2, 0) is 14.3 Å². The Morgan fingerprint density at radius 1 is 1.07 bits per heavy atom. The second-order valence-corrected chi connectivity index (χ2v) is 6.75. The summed E-state index contributed by atoms with van der Waals surface area (Å²) in [7, 11) is 0. The molecule has 1 fully saturated rings. The minimum atomic E-state index is -0.717. The van der Waals surface area contributed by atoms with E-state index in [9.17, 15) is 14.0 Å². The zero-order valence-corrected chi connectivity index (χ0v) is 15.7. The molecule has 2 aromatic carbocycles. The van der Waals surface area contributed by atoms with Gasteiger partial charge < -0.3 is 14.2 Å². The van der Waals surface area contributed by atoms with Crippen LogP contribution in [0.2, 0.25) is 0 Å². The van der Waals surface area contributed by atoms with Crippen molar-refractivity contribution in [3.05, 3.63) is 65.5 Å². The summed E-state index contributed by atoms with van der Waals surface area (Å²) < 4.78 is 29.4. The maximum absolute atomic E-state index is 13.0. The molecule has 0 N–H and O–H groups in total. The van der Waals surface area contributed by atoms with Gasteiger partial charge in [-0.1, -0.05) is 0 Å². The van der Waals surface area contributed by atoms with Crippen LogP contribution in [0.4, 0.5) is 4.39 Å². The lowest BCUT2D eigenvalue weighted by Crippen LogP contribution is -2.31. The van der Waals surface area contributed by atoms with E-state index in [-0.39, 0.29) is 11.9 Å². The van der Waals surface area contributed by atoms with E-state index in [4.69, 9.17) is 14.2 Å². The van der Waals surface area contributed by atoms with Crippen molar-refractivity contribution >= 4 is 11.8 Å². The highest BCUT2D eigenvalue weighted by atomic mass is 19.1. The second kappa shape index (κ2) is 9.57. The average molecular weight is 386 g/mol. The van der Waals surface area contributed by atoms with Crippen LogP contribution in [0.3, 0.4) is 0 Å². The quantitative estimate of drug-likeness (QED) is 0.410. The predicted octanol–water partition coefficient (Wildman–Crippen LogP) is 3.94. The summed E-state index contributed by atoms with van der Waals surface area (Å²) >= 11 is 0. The number of hydrogen-bond donors (Lipinski definition) is 0. The van der Waals surface area contributed by atoms with Gasteiger partial charge in [-0.05, 0) is 74.7 Å². The highest BCUT2D eigenvalue weighted by molar-refractivity contribution is 6.09. The van der Waals surface area contributed by atoms with E-state index in [0.717, 1.165) is 25.9 Å². The van der Waals surface area contributed by atoms with E-state index < -0.39 is 17.9 Å². The van der Waals surface area contributed by atoms with Crippen LogP contribution in [-0.4, -0.2) is 37.2 Å². The minimum absolute atomic E-state index is 0.0285. The van der Waals surface area contributed by atoms with Crippen molar-refractivity contribution in [3.63, 3.8) is 0 Å². The van der Waals surface area contributed by atoms with Gasteiger partial charge in [-0.15, -0.1) is 0 Å². The van der Waals surface area contributed by atoms with Gasteiger partial charge in [0, 0.05) is 17.7 Å². The van der Waals surface area contributed by atoms with Crippen molar-refractivity contribution in [1.82, 2.24) is 0 Å². The summed E-state index contributed by atoms with van der Waals surface area (Å²) in [6.07, 6.45) is 2.42. The van der Waals surface area contributed by atoms with Gasteiger partial charge in [-0.25, -0.2) is 9.18 Å². The first-order valence-electron chi connectivity index (χ1n) is 9.38. The Balaban J connectivity index is 1.52. The van der Waals surface area contributed by atoms with E-state index in [1.165, 1.54) is 24.3 Å². The monoisotopic (exact) mass is 386 g/mol. The Bertz CT molecular complexity index is 795. The van der Waals surface area contributed by atoms with Crippen LogP contribution in [0, 0.1) is 5.82 Å². The summed E-state index contributed by atoms with van der Waals surface area (Å²) in [5.74, 6) is -0.814.